The van der Waals surface area contributed by atoms with Gasteiger partial charge in [-0.05, 0) is 25.3 Å². The molecule has 7 nitrogen and oxygen atoms in total. The number of methoxy groups -OCH3 is 1. The van der Waals surface area contributed by atoms with E-state index in [4.69, 9.17) is 9.47 Å². The smallest absolute Gasteiger partial charge is 0.319 e. The first-order chi connectivity index (χ1) is 12.5. The number of hydrogen-bond donors (Lipinski definition) is 0. The van der Waals surface area contributed by atoms with Crippen molar-refractivity contribution in [1.29, 1.82) is 0 Å². The average molecular weight is 377 g/mol. The fourth-order valence-corrected chi connectivity index (χ4v) is 4.60. The number of aromatic nitrogens is 2. The SMILES string of the molecule is COc1nccc(OC2CCCN(S(=O)(=O)Cc3cccc(C)c3)C2)n1. The van der Waals surface area contributed by atoms with Crippen LogP contribution in [0.15, 0.2) is 36.5 Å². The largest absolute Gasteiger partial charge is 0.473 e. The maximum absolute atomic E-state index is 12.8. The molecule has 0 amide bonds. The first kappa shape index (κ1) is 18.6. The van der Waals surface area contributed by atoms with E-state index in [0.29, 0.717) is 19.0 Å². The highest BCUT2D eigenvalue weighted by Gasteiger charge is 2.30. The summed E-state index contributed by atoms with van der Waals surface area (Å²) in [4.78, 5) is 8.07. The van der Waals surface area contributed by atoms with Crippen LogP contribution in [0.5, 0.6) is 11.9 Å². The van der Waals surface area contributed by atoms with Crippen molar-refractivity contribution >= 4 is 10.0 Å². The molecule has 140 valence electrons. The number of hydrogen-bond acceptors (Lipinski definition) is 6. The topological polar surface area (TPSA) is 81.6 Å². The molecule has 0 aliphatic carbocycles. The molecule has 1 aromatic carbocycles. The molecule has 3 rings (SSSR count). The Morgan fingerprint density at radius 3 is 2.92 bits per heavy atom. The average Bonchev–Trinajstić information content (AvgIpc) is 2.62. The Kier molecular flexibility index (Phi) is 5.73. The van der Waals surface area contributed by atoms with E-state index < -0.39 is 10.0 Å². The Morgan fingerprint density at radius 1 is 1.31 bits per heavy atom. The predicted octanol–water partition coefficient (Wildman–Crippen LogP) is 2.17. The molecule has 1 aliphatic heterocycles. The van der Waals surface area contributed by atoms with Gasteiger partial charge in [-0.15, -0.1) is 0 Å². The van der Waals surface area contributed by atoms with Gasteiger partial charge in [0.05, 0.1) is 19.4 Å². The molecule has 0 saturated carbocycles. The van der Waals surface area contributed by atoms with Gasteiger partial charge in [-0.1, -0.05) is 29.8 Å². The highest BCUT2D eigenvalue weighted by Crippen LogP contribution is 2.21. The van der Waals surface area contributed by atoms with Crippen LogP contribution in [0.2, 0.25) is 0 Å². The molecule has 1 fully saturated rings. The highest BCUT2D eigenvalue weighted by atomic mass is 32.2. The van der Waals surface area contributed by atoms with E-state index in [2.05, 4.69) is 9.97 Å². The van der Waals surface area contributed by atoms with Crippen molar-refractivity contribution in [3.63, 3.8) is 0 Å². The number of ether oxygens (including phenoxy) is 2. The summed E-state index contributed by atoms with van der Waals surface area (Å²) in [7, 11) is -1.91. The maximum Gasteiger partial charge on any atom is 0.319 e. The summed E-state index contributed by atoms with van der Waals surface area (Å²) >= 11 is 0. The molecule has 1 atom stereocenters. The van der Waals surface area contributed by atoms with Crippen LogP contribution >= 0.6 is 0 Å². The Bertz CT molecular complexity index is 857. The molecule has 0 N–H and O–H groups in total. The summed E-state index contributed by atoms with van der Waals surface area (Å²) in [6.07, 6.45) is 2.84. The van der Waals surface area contributed by atoms with Crippen molar-refractivity contribution in [2.45, 2.75) is 31.6 Å². The maximum atomic E-state index is 12.8. The van der Waals surface area contributed by atoms with Gasteiger partial charge >= 0.3 is 6.01 Å². The van der Waals surface area contributed by atoms with Gasteiger partial charge in [0.1, 0.15) is 6.10 Å². The van der Waals surface area contributed by atoms with Crippen molar-refractivity contribution in [3.8, 4) is 11.9 Å². The van der Waals surface area contributed by atoms with Gasteiger partial charge in [0.15, 0.2) is 0 Å². The Hall–Kier alpha value is -2.19. The van der Waals surface area contributed by atoms with Crippen LogP contribution in [0.3, 0.4) is 0 Å². The molecule has 1 saturated heterocycles. The van der Waals surface area contributed by atoms with Gasteiger partial charge in [-0.3, -0.25) is 0 Å². The van der Waals surface area contributed by atoms with Crippen LogP contribution in [0.25, 0.3) is 0 Å². The zero-order chi connectivity index (χ0) is 18.6. The number of nitrogens with zero attached hydrogens (tertiary/aromatic N) is 3. The van der Waals surface area contributed by atoms with Crippen LogP contribution < -0.4 is 9.47 Å². The van der Waals surface area contributed by atoms with Gasteiger partial charge < -0.3 is 9.47 Å². The van der Waals surface area contributed by atoms with Crippen molar-refractivity contribution < 1.29 is 17.9 Å². The van der Waals surface area contributed by atoms with E-state index in [9.17, 15) is 8.42 Å². The highest BCUT2D eigenvalue weighted by molar-refractivity contribution is 7.88. The first-order valence-electron chi connectivity index (χ1n) is 8.53. The molecule has 8 heteroatoms. The summed E-state index contributed by atoms with van der Waals surface area (Å²) in [5.41, 5.74) is 1.85. The van der Waals surface area contributed by atoms with Crippen LogP contribution in [-0.4, -0.2) is 49.0 Å². The lowest BCUT2D eigenvalue weighted by Gasteiger charge is -2.31. The van der Waals surface area contributed by atoms with E-state index >= 15 is 0 Å². The number of sulfonamides is 1. The second kappa shape index (κ2) is 8.01. The summed E-state index contributed by atoms with van der Waals surface area (Å²) < 4.78 is 37.9. The van der Waals surface area contributed by atoms with E-state index in [1.807, 2.05) is 31.2 Å². The molecule has 1 aliphatic rings. The lowest BCUT2D eigenvalue weighted by molar-refractivity contribution is 0.123. The molecule has 1 aromatic heterocycles. The summed E-state index contributed by atoms with van der Waals surface area (Å²) in [5, 5.41) is 0. The summed E-state index contributed by atoms with van der Waals surface area (Å²) in [6.45, 7) is 2.79. The van der Waals surface area contributed by atoms with Gasteiger partial charge in [0.2, 0.25) is 15.9 Å². The molecule has 1 unspecified atom stereocenters. The standard InChI is InChI=1S/C18H23N3O4S/c1-14-5-3-6-15(11-14)13-26(22,23)21-10-4-7-16(12-21)25-17-8-9-19-18(20-17)24-2/h3,5-6,8-9,11,16H,4,7,10,12-13H2,1-2H3. The minimum absolute atomic E-state index is 0.00271. The minimum Gasteiger partial charge on any atom is -0.473 e. The van der Waals surface area contributed by atoms with Gasteiger partial charge in [-0.25, -0.2) is 13.4 Å². The first-order valence-corrected chi connectivity index (χ1v) is 10.1. The quantitative estimate of drug-likeness (QED) is 0.767. The van der Waals surface area contributed by atoms with Crippen LogP contribution in [-0.2, 0) is 15.8 Å². The van der Waals surface area contributed by atoms with Crippen molar-refractivity contribution in [3.05, 3.63) is 47.7 Å². The van der Waals surface area contributed by atoms with Crippen LogP contribution in [0, 0.1) is 6.92 Å². The predicted molar refractivity (Wildman–Crippen MR) is 97.6 cm³/mol. The second-order valence-corrected chi connectivity index (χ2v) is 8.34. The molecule has 0 radical (unpaired) electrons. The number of piperidine rings is 1. The van der Waals surface area contributed by atoms with Crippen molar-refractivity contribution in [2.75, 3.05) is 20.2 Å². The van der Waals surface area contributed by atoms with Gasteiger partial charge in [0, 0.05) is 18.8 Å². The Labute approximate surface area is 154 Å². The van der Waals surface area contributed by atoms with Gasteiger partial charge in [0.25, 0.3) is 0 Å². The third kappa shape index (κ3) is 4.70. The molecule has 26 heavy (non-hydrogen) atoms. The lowest BCUT2D eigenvalue weighted by Crippen LogP contribution is -2.44. The minimum atomic E-state index is -3.40. The molecule has 2 aromatic rings. The second-order valence-electron chi connectivity index (χ2n) is 6.37. The van der Waals surface area contributed by atoms with Crippen molar-refractivity contribution in [1.82, 2.24) is 14.3 Å². The summed E-state index contributed by atoms with van der Waals surface area (Å²) in [6, 6.07) is 9.45. The third-order valence-electron chi connectivity index (χ3n) is 4.24. The molecule has 2 heterocycles. The number of rotatable bonds is 6. The van der Waals surface area contributed by atoms with Crippen LogP contribution in [0.4, 0.5) is 0 Å². The molecule has 0 spiro atoms. The monoisotopic (exact) mass is 377 g/mol. The Balaban J connectivity index is 1.67. The zero-order valence-electron chi connectivity index (χ0n) is 15.0. The zero-order valence-corrected chi connectivity index (χ0v) is 15.8. The van der Waals surface area contributed by atoms with E-state index in [1.165, 1.54) is 11.4 Å². The van der Waals surface area contributed by atoms with E-state index in [-0.39, 0.29) is 17.9 Å². The van der Waals surface area contributed by atoms with E-state index in [1.54, 1.807) is 12.3 Å². The van der Waals surface area contributed by atoms with E-state index in [0.717, 1.165) is 24.0 Å². The lowest BCUT2D eigenvalue weighted by atomic mass is 10.1. The summed E-state index contributed by atoms with van der Waals surface area (Å²) in [5.74, 6) is 0.391. The Morgan fingerprint density at radius 2 is 2.15 bits per heavy atom. The van der Waals surface area contributed by atoms with Crippen molar-refractivity contribution in [2.24, 2.45) is 0 Å². The van der Waals surface area contributed by atoms with Crippen LogP contribution in [0.1, 0.15) is 24.0 Å². The molecule has 0 bridgehead atoms. The fraction of sp³-hybridized carbons (Fsp3) is 0.444. The molecular formula is C18H23N3O4S. The fourth-order valence-electron chi connectivity index (χ4n) is 3.02. The molecular weight excluding hydrogens is 354 g/mol. The van der Waals surface area contributed by atoms with Gasteiger partial charge in [-0.2, -0.15) is 9.29 Å². The number of benzene rings is 1. The third-order valence-corrected chi connectivity index (χ3v) is 6.06. The normalized spacial score (nSPS) is 18.5. The number of aryl methyl sites for hydroxylation is 1.